The summed E-state index contributed by atoms with van der Waals surface area (Å²) in [6.45, 7) is 2.32. The molecule has 0 atom stereocenters. The minimum Gasteiger partial charge on any atom is -0.497 e. The third-order valence-corrected chi connectivity index (χ3v) is 6.51. The molecule has 0 aliphatic carbocycles. The zero-order valence-electron chi connectivity index (χ0n) is 19.9. The molecule has 9 nitrogen and oxygen atoms in total. The number of nitrogens with one attached hydrogen (secondary N) is 3. The molecular weight excluding hydrogens is 478 g/mol. The molecule has 3 aromatic carbocycles. The number of aromatic nitrogens is 2. The first kappa shape index (κ1) is 25.0. The van der Waals surface area contributed by atoms with E-state index in [1.54, 1.807) is 19.2 Å². The Labute approximate surface area is 210 Å². The fourth-order valence-electron chi connectivity index (χ4n) is 3.29. The van der Waals surface area contributed by atoms with Crippen LogP contribution in [-0.2, 0) is 10.0 Å². The first-order valence-electron chi connectivity index (χ1n) is 11.2. The topological polar surface area (TPSA) is 114 Å². The third kappa shape index (κ3) is 6.94. The van der Waals surface area contributed by atoms with Gasteiger partial charge in [-0.05, 0) is 67.6 Å². The van der Waals surface area contributed by atoms with E-state index < -0.39 is 10.0 Å². The highest BCUT2D eigenvalue weighted by molar-refractivity contribution is 7.89. The lowest BCUT2D eigenvalue weighted by Gasteiger charge is -2.11. The van der Waals surface area contributed by atoms with Crippen LogP contribution >= 0.6 is 0 Å². The van der Waals surface area contributed by atoms with Crippen molar-refractivity contribution >= 4 is 27.5 Å². The second kappa shape index (κ2) is 11.5. The van der Waals surface area contributed by atoms with Crippen molar-refractivity contribution < 1.29 is 17.9 Å². The minimum atomic E-state index is -3.68. The van der Waals surface area contributed by atoms with Gasteiger partial charge >= 0.3 is 0 Å². The van der Waals surface area contributed by atoms with Crippen LogP contribution in [-0.4, -0.2) is 38.6 Å². The van der Waals surface area contributed by atoms with Crippen molar-refractivity contribution in [3.8, 4) is 17.2 Å². The van der Waals surface area contributed by atoms with Crippen molar-refractivity contribution in [2.75, 3.05) is 30.8 Å². The Morgan fingerprint density at radius 1 is 0.806 bits per heavy atom. The first-order chi connectivity index (χ1) is 17.4. The molecule has 0 bridgehead atoms. The van der Waals surface area contributed by atoms with Crippen LogP contribution in [0.3, 0.4) is 0 Å². The van der Waals surface area contributed by atoms with Crippen LogP contribution in [0.4, 0.5) is 17.5 Å². The van der Waals surface area contributed by atoms with Crippen LogP contribution in [0.5, 0.6) is 17.2 Å². The molecule has 10 heteroatoms. The van der Waals surface area contributed by atoms with E-state index in [1.807, 2.05) is 67.6 Å². The largest absolute Gasteiger partial charge is 0.497 e. The van der Waals surface area contributed by atoms with Crippen molar-refractivity contribution in [1.29, 1.82) is 0 Å². The Morgan fingerprint density at radius 2 is 1.47 bits per heavy atom. The van der Waals surface area contributed by atoms with Crippen molar-refractivity contribution in [2.45, 2.75) is 11.8 Å². The van der Waals surface area contributed by atoms with Crippen LogP contribution in [0.1, 0.15) is 5.69 Å². The third-order valence-electron chi connectivity index (χ3n) is 5.03. The molecule has 0 saturated heterocycles. The monoisotopic (exact) mass is 505 g/mol. The van der Waals surface area contributed by atoms with Gasteiger partial charge in [-0.3, -0.25) is 0 Å². The quantitative estimate of drug-likeness (QED) is 0.251. The Balaban J connectivity index is 1.29. The molecule has 4 aromatic rings. The van der Waals surface area contributed by atoms with Gasteiger partial charge in [0.15, 0.2) is 0 Å². The van der Waals surface area contributed by atoms with Gasteiger partial charge in [-0.15, -0.1) is 0 Å². The van der Waals surface area contributed by atoms with Gasteiger partial charge in [-0.1, -0.05) is 18.2 Å². The van der Waals surface area contributed by atoms with Crippen LogP contribution in [0.2, 0.25) is 0 Å². The molecule has 0 amide bonds. The molecule has 36 heavy (non-hydrogen) atoms. The summed E-state index contributed by atoms with van der Waals surface area (Å²) in [6, 6.07) is 24.9. The Kier molecular flexibility index (Phi) is 7.99. The summed E-state index contributed by atoms with van der Waals surface area (Å²) in [5, 5.41) is 6.29. The highest BCUT2D eigenvalue weighted by Gasteiger charge is 2.13. The van der Waals surface area contributed by atoms with E-state index in [0.717, 1.165) is 17.1 Å². The number of ether oxygens (including phenoxy) is 2. The second-order valence-corrected chi connectivity index (χ2v) is 9.55. The molecule has 186 valence electrons. The summed E-state index contributed by atoms with van der Waals surface area (Å²) in [4.78, 5) is 8.97. The number of sulfonamides is 1. The second-order valence-electron chi connectivity index (χ2n) is 7.78. The predicted octanol–water partition coefficient (Wildman–Crippen LogP) is 4.72. The van der Waals surface area contributed by atoms with Crippen molar-refractivity contribution in [2.24, 2.45) is 0 Å². The number of rotatable bonds is 11. The summed E-state index contributed by atoms with van der Waals surface area (Å²) >= 11 is 0. The average molecular weight is 506 g/mol. The lowest BCUT2D eigenvalue weighted by atomic mass is 10.3. The zero-order chi connectivity index (χ0) is 25.4. The molecule has 0 saturated carbocycles. The first-order valence-corrected chi connectivity index (χ1v) is 12.7. The van der Waals surface area contributed by atoms with Gasteiger partial charge in [0.25, 0.3) is 0 Å². The van der Waals surface area contributed by atoms with Crippen molar-refractivity contribution in [3.63, 3.8) is 0 Å². The maximum atomic E-state index is 12.6. The van der Waals surface area contributed by atoms with Gasteiger partial charge in [-0.2, -0.15) is 4.98 Å². The van der Waals surface area contributed by atoms with Crippen LogP contribution in [0, 0.1) is 6.92 Å². The molecule has 0 fully saturated rings. The normalized spacial score (nSPS) is 11.1. The molecule has 0 aliphatic rings. The summed E-state index contributed by atoms with van der Waals surface area (Å²) in [5.41, 5.74) is 1.62. The lowest BCUT2D eigenvalue weighted by Crippen LogP contribution is -2.29. The SMILES string of the molecule is COc1ccc(Nc2cc(C)nc(NCCNS(=O)(=O)c3ccc(Oc4ccccc4)cc3)n2)cc1. The highest BCUT2D eigenvalue weighted by atomic mass is 32.2. The van der Waals surface area contributed by atoms with E-state index >= 15 is 0 Å². The number of anilines is 3. The number of hydrogen-bond acceptors (Lipinski definition) is 8. The van der Waals surface area contributed by atoms with Crippen molar-refractivity contribution in [1.82, 2.24) is 14.7 Å². The number of methoxy groups -OCH3 is 1. The van der Waals surface area contributed by atoms with Crippen LogP contribution in [0.15, 0.2) is 89.8 Å². The van der Waals surface area contributed by atoms with E-state index in [1.165, 1.54) is 12.1 Å². The summed E-state index contributed by atoms with van der Waals surface area (Å²) in [6.07, 6.45) is 0. The standard InChI is InChI=1S/C26H27N5O4S/c1-19-18-25(30-20-8-10-21(34-2)11-9-20)31-26(29-19)27-16-17-28-36(32,33)24-14-12-23(13-15-24)35-22-6-4-3-5-7-22/h3-15,18,28H,16-17H2,1-2H3,(H2,27,29,30,31). The molecule has 4 rings (SSSR count). The van der Waals surface area contributed by atoms with Gasteiger partial charge < -0.3 is 20.1 Å². The van der Waals surface area contributed by atoms with Crippen molar-refractivity contribution in [3.05, 3.63) is 90.6 Å². The predicted molar refractivity (Wildman–Crippen MR) is 140 cm³/mol. The Bertz CT molecular complexity index is 1380. The summed E-state index contributed by atoms with van der Waals surface area (Å²) in [7, 11) is -2.06. The number of nitrogens with zero attached hydrogens (tertiary/aromatic N) is 2. The highest BCUT2D eigenvalue weighted by Crippen LogP contribution is 2.23. The number of aryl methyl sites for hydroxylation is 1. The van der Waals surface area contributed by atoms with E-state index in [9.17, 15) is 8.42 Å². The number of benzene rings is 3. The van der Waals surface area contributed by atoms with E-state index in [4.69, 9.17) is 9.47 Å². The lowest BCUT2D eigenvalue weighted by molar-refractivity contribution is 0.415. The van der Waals surface area contributed by atoms with Gasteiger partial charge in [0, 0.05) is 30.5 Å². The summed E-state index contributed by atoms with van der Waals surface area (Å²) in [5.74, 6) is 3.01. The van der Waals surface area contributed by atoms with Gasteiger partial charge in [0.2, 0.25) is 16.0 Å². The molecule has 3 N–H and O–H groups in total. The summed E-state index contributed by atoms with van der Waals surface area (Å²) < 4.78 is 38.7. The fourth-order valence-corrected chi connectivity index (χ4v) is 4.32. The molecular formula is C26H27N5O4S. The molecule has 1 aromatic heterocycles. The van der Waals surface area contributed by atoms with Gasteiger partial charge in [0.05, 0.1) is 12.0 Å². The molecule has 0 spiro atoms. The van der Waals surface area contributed by atoms with E-state index in [0.29, 0.717) is 29.8 Å². The molecule has 0 radical (unpaired) electrons. The van der Waals surface area contributed by atoms with Crippen LogP contribution < -0.4 is 24.8 Å². The maximum Gasteiger partial charge on any atom is 0.240 e. The molecule has 1 heterocycles. The van der Waals surface area contributed by atoms with E-state index in [-0.39, 0.29) is 11.4 Å². The van der Waals surface area contributed by atoms with Crippen LogP contribution in [0.25, 0.3) is 0 Å². The molecule has 0 unspecified atom stereocenters. The average Bonchev–Trinajstić information content (AvgIpc) is 2.88. The number of hydrogen-bond donors (Lipinski definition) is 3. The minimum absolute atomic E-state index is 0.153. The smallest absolute Gasteiger partial charge is 0.240 e. The zero-order valence-corrected chi connectivity index (χ0v) is 20.7. The van der Waals surface area contributed by atoms with E-state index in [2.05, 4.69) is 25.3 Å². The fraction of sp³-hybridized carbons (Fsp3) is 0.154. The molecule has 0 aliphatic heterocycles. The van der Waals surface area contributed by atoms with Gasteiger partial charge in [0.1, 0.15) is 23.1 Å². The Morgan fingerprint density at radius 3 is 2.17 bits per heavy atom. The number of para-hydroxylation sites is 1. The van der Waals surface area contributed by atoms with Gasteiger partial charge in [-0.25, -0.2) is 18.1 Å². The maximum absolute atomic E-state index is 12.6. The Hall–Kier alpha value is -4.15.